The number of amides is 1. The van der Waals surface area contributed by atoms with Crippen molar-refractivity contribution in [1.29, 1.82) is 0 Å². The summed E-state index contributed by atoms with van der Waals surface area (Å²) >= 11 is 0. The number of carbonyl (C=O) groups excluding carboxylic acids is 1. The summed E-state index contributed by atoms with van der Waals surface area (Å²) < 4.78 is 0. The fourth-order valence-electron chi connectivity index (χ4n) is 1.57. The smallest absolute Gasteiger partial charge is 0.248 e. The van der Waals surface area contributed by atoms with Crippen LogP contribution in [0.3, 0.4) is 0 Å². The van der Waals surface area contributed by atoms with Gasteiger partial charge in [0.2, 0.25) is 5.91 Å². The van der Waals surface area contributed by atoms with Crippen molar-refractivity contribution in [1.82, 2.24) is 0 Å². The molecule has 2 nitrogen and oxygen atoms in total. The number of benzene rings is 1. The van der Waals surface area contributed by atoms with Crippen LogP contribution in [0.1, 0.15) is 48.2 Å². The summed E-state index contributed by atoms with van der Waals surface area (Å²) in [6.45, 7) is 8.42. The number of carbonyl (C=O) groups is 1. The van der Waals surface area contributed by atoms with Gasteiger partial charge in [-0.3, -0.25) is 4.79 Å². The molecule has 0 aliphatic carbocycles. The van der Waals surface area contributed by atoms with Crippen LogP contribution in [0.5, 0.6) is 0 Å². The highest BCUT2D eigenvalue weighted by Gasteiger charge is 2.13. The highest BCUT2D eigenvalue weighted by atomic mass is 16.1. The van der Waals surface area contributed by atoms with Crippen molar-refractivity contribution in [2.24, 2.45) is 11.7 Å². The van der Waals surface area contributed by atoms with E-state index in [1.165, 1.54) is 5.56 Å². The van der Waals surface area contributed by atoms with Gasteiger partial charge in [-0.25, -0.2) is 0 Å². The maximum absolute atomic E-state index is 11.2. The molecule has 82 valence electrons. The Labute approximate surface area is 91.5 Å². The summed E-state index contributed by atoms with van der Waals surface area (Å²) in [4.78, 5) is 11.2. The Kier molecular flexibility index (Phi) is 3.51. The van der Waals surface area contributed by atoms with Gasteiger partial charge in [0.1, 0.15) is 0 Å². The van der Waals surface area contributed by atoms with Gasteiger partial charge in [-0.05, 0) is 36.0 Å². The molecule has 0 aromatic heterocycles. The molecular formula is C13H19NO. The maximum Gasteiger partial charge on any atom is 0.248 e. The van der Waals surface area contributed by atoms with E-state index in [-0.39, 0.29) is 5.91 Å². The molecule has 0 bridgehead atoms. The number of rotatable bonds is 3. The van der Waals surface area contributed by atoms with Crippen molar-refractivity contribution < 1.29 is 4.79 Å². The SMILES string of the molecule is Cc1ccc(C(C)C(C)C)cc1C(N)=O. The largest absolute Gasteiger partial charge is 0.366 e. The van der Waals surface area contributed by atoms with Crippen molar-refractivity contribution in [2.75, 3.05) is 0 Å². The standard InChI is InChI=1S/C13H19NO/c1-8(2)10(4)11-6-5-9(3)12(7-11)13(14)15/h5-8,10H,1-4H3,(H2,14,15). The Morgan fingerprint density at radius 2 is 1.87 bits per heavy atom. The first kappa shape index (κ1) is 11.8. The molecule has 1 atom stereocenters. The van der Waals surface area contributed by atoms with E-state index in [4.69, 9.17) is 5.73 Å². The molecule has 1 aromatic carbocycles. The second-order valence-corrected chi connectivity index (χ2v) is 4.47. The summed E-state index contributed by atoms with van der Waals surface area (Å²) in [6, 6.07) is 5.96. The van der Waals surface area contributed by atoms with Crippen LogP contribution >= 0.6 is 0 Å². The van der Waals surface area contributed by atoms with Crippen LogP contribution in [0.15, 0.2) is 18.2 Å². The average molecular weight is 205 g/mol. The molecule has 0 spiro atoms. The van der Waals surface area contributed by atoms with Crippen LogP contribution in [0.25, 0.3) is 0 Å². The van der Waals surface area contributed by atoms with Crippen LogP contribution in [0, 0.1) is 12.8 Å². The van der Waals surface area contributed by atoms with Crippen molar-refractivity contribution in [3.63, 3.8) is 0 Å². The third-order valence-corrected chi connectivity index (χ3v) is 3.05. The van der Waals surface area contributed by atoms with E-state index in [2.05, 4.69) is 26.8 Å². The first-order valence-electron chi connectivity index (χ1n) is 5.33. The van der Waals surface area contributed by atoms with Gasteiger partial charge in [0.15, 0.2) is 0 Å². The number of primary amides is 1. The van der Waals surface area contributed by atoms with Gasteiger partial charge in [-0.1, -0.05) is 32.9 Å². The van der Waals surface area contributed by atoms with Crippen molar-refractivity contribution in [3.8, 4) is 0 Å². The Morgan fingerprint density at radius 3 is 2.33 bits per heavy atom. The lowest BCUT2D eigenvalue weighted by Gasteiger charge is -2.17. The molecule has 0 saturated carbocycles. The van der Waals surface area contributed by atoms with E-state index < -0.39 is 0 Å². The highest BCUT2D eigenvalue weighted by Crippen LogP contribution is 2.25. The molecule has 0 aliphatic heterocycles. The van der Waals surface area contributed by atoms with E-state index in [1.54, 1.807) is 0 Å². The Morgan fingerprint density at radius 1 is 1.27 bits per heavy atom. The molecule has 0 heterocycles. The monoisotopic (exact) mass is 205 g/mol. The van der Waals surface area contributed by atoms with Crippen LogP contribution < -0.4 is 5.73 Å². The van der Waals surface area contributed by atoms with Gasteiger partial charge in [-0.15, -0.1) is 0 Å². The zero-order valence-electron chi connectivity index (χ0n) is 9.87. The second-order valence-electron chi connectivity index (χ2n) is 4.47. The molecule has 15 heavy (non-hydrogen) atoms. The summed E-state index contributed by atoms with van der Waals surface area (Å²) in [6.07, 6.45) is 0. The van der Waals surface area contributed by atoms with Crippen LogP contribution in [0.2, 0.25) is 0 Å². The minimum atomic E-state index is -0.342. The van der Waals surface area contributed by atoms with Crippen LogP contribution in [-0.4, -0.2) is 5.91 Å². The Bertz CT molecular complexity index is 369. The molecule has 1 rings (SSSR count). The fraction of sp³-hybridized carbons (Fsp3) is 0.462. The summed E-state index contributed by atoms with van der Waals surface area (Å²) in [5.41, 5.74) is 8.09. The molecule has 0 radical (unpaired) electrons. The molecule has 1 unspecified atom stereocenters. The lowest BCUT2D eigenvalue weighted by Crippen LogP contribution is -2.14. The first-order chi connectivity index (χ1) is 6.93. The third kappa shape index (κ3) is 2.58. The first-order valence-corrected chi connectivity index (χ1v) is 5.33. The van der Waals surface area contributed by atoms with Gasteiger partial charge < -0.3 is 5.73 Å². The van der Waals surface area contributed by atoms with Gasteiger partial charge in [-0.2, -0.15) is 0 Å². The lowest BCUT2D eigenvalue weighted by molar-refractivity contribution is 0.0999. The third-order valence-electron chi connectivity index (χ3n) is 3.05. The summed E-state index contributed by atoms with van der Waals surface area (Å²) in [7, 11) is 0. The molecule has 0 aliphatic rings. The Balaban J connectivity index is 3.13. The summed E-state index contributed by atoms with van der Waals surface area (Å²) in [5, 5.41) is 0. The molecule has 1 amide bonds. The van der Waals surface area contributed by atoms with E-state index in [1.807, 2.05) is 19.1 Å². The molecule has 0 fully saturated rings. The summed E-state index contributed by atoms with van der Waals surface area (Å²) in [5.74, 6) is 0.669. The topological polar surface area (TPSA) is 43.1 Å². The average Bonchev–Trinajstić information content (AvgIpc) is 2.16. The number of hydrogen-bond donors (Lipinski definition) is 1. The lowest BCUT2D eigenvalue weighted by atomic mass is 9.88. The quantitative estimate of drug-likeness (QED) is 0.810. The number of nitrogens with two attached hydrogens (primary N) is 1. The van der Waals surface area contributed by atoms with E-state index in [0.29, 0.717) is 17.4 Å². The van der Waals surface area contributed by atoms with E-state index in [9.17, 15) is 4.79 Å². The molecule has 0 saturated heterocycles. The number of aryl methyl sites for hydroxylation is 1. The van der Waals surface area contributed by atoms with E-state index >= 15 is 0 Å². The van der Waals surface area contributed by atoms with Crippen LogP contribution in [0.4, 0.5) is 0 Å². The van der Waals surface area contributed by atoms with Gasteiger partial charge in [0.25, 0.3) is 0 Å². The Hall–Kier alpha value is -1.31. The predicted molar refractivity (Wildman–Crippen MR) is 62.9 cm³/mol. The fourth-order valence-corrected chi connectivity index (χ4v) is 1.57. The molecular weight excluding hydrogens is 186 g/mol. The molecule has 1 aromatic rings. The minimum absolute atomic E-state index is 0.342. The minimum Gasteiger partial charge on any atom is -0.366 e. The normalized spacial score (nSPS) is 12.9. The zero-order valence-corrected chi connectivity index (χ0v) is 9.87. The van der Waals surface area contributed by atoms with Crippen molar-refractivity contribution in [2.45, 2.75) is 33.6 Å². The van der Waals surface area contributed by atoms with Gasteiger partial charge >= 0.3 is 0 Å². The zero-order chi connectivity index (χ0) is 11.6. The van der Waals surface area contributed by atoms with Crippen molar-refractivity contribution in [3.05, 3.63) is 34.9 Å². The maximum atomic E-state index is 11.2. The van der Waals surface area contributed by atoms with E-state index in [0.717, 1.165) is 5.56 Å². The second kappa shape index (κ2) is 4.47. The van der Waals surface area contributed by atoms with Gasteiger partial charge in [0, 0.05) is 5.56 Å². The van der Waals surface area contributed by atoms with Crippen molar-refractivity contribution >= 4 is 5.91 Å². The predicted octanol–water partition coefficient (Wildman–Crippen LogP) is 2.85. The molecule has 2 heteroatoms. The van der Waals surface area contributed by atoms with Gasteiger partial charge in [0.05, 0.1) is 0 Å². The molecule has 2 N–H and O–H groups in total. The highest BCUT2D eigenvalue weighted by molar-refractivity contribution is 5.94. The van der Waals surface area contributed by atoms with Crippen LogP contribution in [-0.2, 0) is 0 Å². The number of hydrogen-bond acceptors (Lipinski definition) is 1.